The number of piperazine rings is 2. The van der Waals surface area contributed by atoms with Crippen LogP contribution in [0.25, 0.3) is 31.1 Å². The molecule has 5 heterocycles. The number of ether oxygens (including phenoxy) is 6. The highest BCUT2D eigenvalue weighted by atomic mass is 32.1. The van der Waals surface area contributed by atoms with E-state index in [2.05, 4.69) is 83.9 Å². The van der Waals surface area contributed by atoms with Gasteiger partial charge in [-0.25, -0.2) is 4.98 Å². The van der Waals surface area contributed by atoms with E-state index in [1.165, 1.54) is 31.5 Å². The normalized spacial score (nSPS) is 16.1. The van der Waals surface area contributed by atoms with Gasteiger partial charge in [0.15, 0.2) is 5.90 Å². The molecule has 0 amide bonds. The molecule has 376 valence electrons. The second kappa shape index (κ2) is 23.8. The van der Waals surface area contributed by atoms with Crippen LogP contribution in [0.2, 0.25) is 0 Å². The number of aromatic nitrogens is 1. The van der Waals surface area contributed by atoms with Crippen LogP contribution in [0, 0.1) is 5.41 Å². The van der Waals surface area contributed by atoms with Gasteiger partial charge in [-0.3, -0.25) is 24.8 Å². The number of hydrogen-bond donors (Lipinski definition) is 1. The number of benzene rings is 4. The Bertz CT molecular complexity index is 2960. The zero-order valence-corrected chi connectivity index (χ0v) is 42.3. The Hall–Kier alpha value is -6.46. The van der Waals surface area contributed by atoms with E-state index in [9.17, 15) is 9.59 Å². The van der Waals surface area contributed by atoms with Crippen molar-refractivity contribution < 1.29 is 38.0 Å². The van der Waals surface area contributed by atoms with E-state index in [0.29, 0.717) is 31.0 Å². The number of anilines is 2. The van der Waals surface area contributed by atoms with Crippen LogP contribution < -0.4 is 24.0 Å². The molecule has 1 aliphatic carbocycles. The number of pyridine rings is 1. The van der Waals surface area contributed by atoms with Crippen LogP contribution in [0.3, 0.4) is 0 Å². The molecule has 1 unspecified atom stereocenters. The molecular weight excluding hydrogens is 949 g/mol. The Labute approximate surface area is 428 Å². The molecule has 72 heavy (non-hydrogen) atoms. The van der Waals surface area contributed by atoms with E-state index < -0.39 is 18.7 Å². The molecule has 10 rings (SSSR count). The van der Waals surface area contributed by atoms with Gasteiger partial charge < -0.3 is 38.2 Å². The molecule has 1 atom stereocenters. The minimum absolute atomic E-state index is 0.0254. The quantitative estimate of drug-likeness (QED) is 0.0214. The van der Waals surface area contributed by atoms with Crippen molar-refractivity contribution in [3.05, 3.63) is 119 Å². The third kappa shape index (κ3) is 12.4. The molecule has 3 aliphatic rings. The molecule has 16 heteroatoms. The summed E-state index contributed by atoms with van der Waals surface area (Å²) in [6, 6.07) is 33.1. The highest BCUT2D eigenvalue weighted by molar-refractivity contribution is 7.17. The molecule has 2 aliphatic heterocycles. The maximum atomic E-state index is 12.4. The summed E-state index contributed by atoms with van der Waals surface area (Å²) in [6.07, 6.45) is 4.32. The largest absolute Gasteiger partial charge is 0.494 e. The Balaban J connectivity index is 0.556. The molecule has 1 N–H and O–H groups in total. The molecule has 7 aromatic rings. The van der Waals surface area contributed by atoms with E-state index in [1.54, 1.807) is 28.7 Å². The number of esters is 2. The van der Waals surface area contributed by atoms with Gasteiger partial charge in [0, 0.05) is 101 Å². The fourth-order valence-electron chi connectivity index (χ4n) is 9.80. The van der Waals surface area contributed by atoms with Crippen molar-refractivity contribution in [1.29, 1.82) is 5.41 Å². The monoisotopic (exact) mass is 1010 g/mol. The van der Waals surface area contributed by atoms with Gasteiger partial charge in [0.1, 0.15) is 11.5 Å². The highest BCUT2D eigenvalue weighted by Gasteiger charge is 2.32. The van der Waals surface area contributed by atoms with Crippen LogP contribution >= 0.6 is 22.7 Å². The summed E-state index contributed by atoms with van der Waals surface area (Å²) in [5.74, 6) is 0.355. The van der Waals surface area contributed by atoms with Crippen molar-refractivity contribution in [2.24, 2.45) is 0 Å². The lowest BCUT2D eigenvalue weighted by atomic mass is 9.77. The molecule has 0 radical (unpaired) electrons. The first-order valence-electron chi connectivity index (χ1n) is 25.2. The van der Waals surface area contributed by atoms with Crippen LogP contribution in [-0.4, -0.2) is 125 Å². The predicted octanol–water partition coefficient (Wildman–Crippen LogP) is 10.1. The van der Waals surface area contributed by atoms with Gasteiger partial charge in [0.2, 0.25) is 19.5 Å². The lowest BCUT2D eigenvalue weighted by molar-refractivity contribution is -0.157. The van der Waals surface area contributed by atoms with Gasteiger partial charge in [-0.2, -0.15) is 0 Å². The number of carbonyl (C=O) groups excluding carboxylic acids is 2. The summed E-state index contributed by atoms with van der Waals surface area (Å²) < 4.78 is 36.4. The Morgan fingerprint density at radius 3 is 1.79 bits per heavy atom. The van der Waals surface area contributed by atoms with Crippen LogP contribution in [0.4, 0.5) is 11.4 Å². The van der Waals surface area contributed by atoms with E-state index in [4.69, 9.17) is 33.8 Å². The Morgan fingerprint density at radius 2 is 1.17 bits per heavy atom. The smallest absolute Gasteiger partial charge is 0.309 e. The van der Waals surface area contributed by atoms with Crippen LogP contribution in [0.5, 0.6) is 17.4 Å². The van der Waals surface area contributed by atoms with Crippen molar-refractivity contribution in [1.82, 2.24) is 14.8 Å². The van der Waals surface area contributed by atoms with Crippen molar-refractivity contribution in [2.45, 2.75) is 50.9 Å². The van der Waals surface area contributed by atoms with Crippen molar-refractivity contribution in [2.75, 3.05) is 102 Å². The summed E-state index contributed by atoms with van der Waals surface area (Å²) in [4.78, 5) is 39.5. The van der Waals surface area contributed by atoms with Crippen LogP contribution in [-0.2, 0) is 30.2 Å². The third-order valence-corrected chi connectivity index (χ3v) is 15.7. The average molecular weight is 1010 g/mol. The van der Waals surface area contributed by atoms with E-state index >= 15 is 0 Å². The summed E-state index contributed by atoms with van der Waals surface area (Å²) in [5, 5.41) is 16.5. The highest BCUT2D eigenvalue weighted by Crippen LogP contribution is 2.39. The molecule has 2 saturated heterocycles. The molecule has 2 fully saturated rings. The standard InChI is InChI=1S/C56H62N6O8S2/c57-56(47-35-41-12-15-42(36-46(41)47)65-31-3-1-21-59-23-27-61(28-24-59)49-7-5-9-51-44(49)19-33-71-51)70-39-69-55(64)18-17-54(63)68-38-67-53-16-13-40-11-14-43(37-48(40)58-53)66-32-4-2-22-60-25-29-62(30-26-60)50-8-6-10-52-45(50)20-34-72-52/h5-16,19-20,33-34,36-37,47,57H,1-4,17-18,21-32,35,38-39H2. The molecule has 0 saturated carbocycles. The number of carbonyl (C=O) groups is 2. The first kappa shape index (κ1) is 49.1. The summed E-state index contributed by atoms with van der Waals surface area (Å²) in [5.41, 5.74) is 5.53. The first-order chi connectivity index (χ1) is 35.4. The zero-order chi connectivity index (χ0) is 49.1. The number of rotatable bonds is 23. The molecule has 0 bridgehead atoms. The summed E-state index contributed by atoms with van der Waals surface area (Å²) >= 11 is 3.60. The lowest BCUT2D eigenvalue weighted by Gasteiger charge is -2.36. The first-order valence-corrected chi connectivity index (χ1v) is 27.0. The second-order valence-electron chi connectivity index (χ2n) is 18.5. The number of nitrogens with one attached hydrogen (secondary N) is 1. The van der Waals surface area contributed by atoms with Crippen LogP contribution in [0.15, 0.2) is 108 Å². The fraction of sp³-hybridized carbons (Fsp3) is 0.393. The third-order valence-electron chi connectivity index (χ3n) is 13.9. The fourth-order valence-corrected chi connectivity index (χ4v) is 11.4. The van der Waals surface area contributed by atoms with Crippen molar-refractivity contribution in [3.63, 3.8) is 0 Å². The van der Waals surface area contributed by atoms with E-state index in [0.717, 1.165) is 119 Å². The second-order valence-corrected chi connectivity index (χ2v) is 20.4. The number of fused-ring (bicyclic) bond motifs is 4. The molecule has 3 aromatic heterocycles. The number of thiophene rings is 2. The summed E-state index contributed by atoms with van der Waals surface area (Å²) in [6.45, 7) is 11.0. The van der Waals surface area contributed by atoms with Gasteiger partial charge in [0.25, 0.3) is 0 Å². The zero-order valence-electron chi connectivity index (χ0n) is 40.6. The van der Waals surface area contributed by atoms with Crippen molar-refractivity contribution >= 4 is 83.0 Å². The van der Waals surface area contributed by atoms with E-state index in [1.807, 2.05) is 42.5 Å². The predicted molar refractivity (Wildman–Crippen MR) is 286 cm³/mol. The number of nitrogens with zero attached hydrogens (tertiary/aromatic N) is 5. The van der Waals surface area contributed by atoms with E-state index in [-0.39, 0.29) is 31.5 Å². The molecule has 0 spiro atoms. The maximum Gasteiger partial charge on any atom is 0.309 e. The van der Waals surface area contributed by atoms with Gasteiger partial charge in [-0.1, -0.05) is 18.2 Å². The van der Waals surface area contributed by atoms with Gasteiger partial charge in [-0.05, 0) is 134 Å². The minimum atomic E-state index is -0.633. The Morgan fingerprint density at radius 1 is 0.597 bits per heavy atom. The molecule has 4 aromatic carbocycles. The molecule has 14 nitrogen and oxygen atoms in total. The minimum Gasteiger partial charge on any atom is -0.494 e. The number of hydrogen-bond acceptors (Lipinski definition) is 16. The lowest BCUT2D eigenvalue weighted by Crippen LogP contribution is -2.46. The average Bonchev–Trinajstić information content (AvgIpc) is 4.10. The van der Waals surface area contributed by atoms with Gasteiger partial charge in [-0.15, -0.1) is 22.7 Å². The topological polar surface area (TPSA) is 139 Å². The number of unbranched alkanes of at least 4 members (excludes halogenated alkanes) is 2. The maximum absolute atomic E-state index is 12.4. The summed E-state index contributed by atoms with van der Waals surface area (Å²) in [7, 11) is 0. The van der Waals surface area contributed by atoms with Crippen molar-refractivity contribution in [3.8, 4) is 17.4 Å². The van der Waals surface area contributed by atoms with Gasteiger partial charge >= 0.3 is 11.9 Å². The van der Waals surface area contributed by atoms with Crippen LogP contribution in [0.1, 0.15) is 55.6 Å². The SMILES string of the molecule is N=C(OCOC(=O)CCC(=O)OCOc1ccc2ccc(OCCCCN3CCN(c4cccc5sccc45)CC3)cc2n1)C1Cc2ccc(OCCCCN3CCN(c4cccc5sccc45)CC3)cc21. The molecular formula is C56H62N6O8S2. The Kier molecular flexibility index (Phi) is 16.3. The van der Waals surface area contributed by atoms with Gasteiger partial charge in [0.05, 0.1) is 37.5 Å².